The summed E-state index contributed by atoms with van der Waals surface area (Å²) in [5.41, 5.74) is 3.13. The zero-order valence-electron chi connectivity index (χ0n) is 36.3. The van der Waals surface area contributed by atoms with E-state index in [0.717, 1.165) is 29.5 Å². The Kier molecular flexibility index (Phi) is 16.3. The third-order valence-corrected chi connectivity index (χ3v) is 13.5. The standard InChI is InChI=1S/C46H69N5O8/c1-8-30(3)40-45(57)51-23-12-15-38(51)46(58)59-26-22-29(2)27-39(52)31(4)42(54)50-24-20-36(21-25-50)41(53)47-37(44(56)48(6)32(5)43(55)49(40)7)28-33-16-18-35(19-17-33)34-13-10-9-11-14-34/h10,13-14,16-19,29-32,36-40,44,52,56H,8-9,11-12,15,20-28H2,1-7H3,(H,47,53)/t29-,30+,31-,32-,37+,38+,39+,40+,44?/m1/s1. The van der Waals surface area contributed by atoms with Crippen LogP contribution in [0.4, 0.5) is 0 Å². The van der Waals surface area contributed by atoms with Crippen molar-refractivity contribution in [3.05, 3.63) is 53.6 Å². The van der Waals surface area contributed by atoms with Crippen LogP contribution in [0.25, 0.3) is 5.57 Å². The number of benzene rings is 1. The molecule has 1 aromatic rings. The molecule has 0 aromatic heterocycles. The van der Waals surface area contributed by atoms with E-state index in [1.165, 1.54) is 4.90 Å². The lowest BCUT2D eigenvalue weighted by atomic mass is 9.90. The predicted octanol–water partition coefficient (Wildman–Crippen LogP) is 4.16. The molecule has 5 aliphatic rings. The van der Waals surface area contributed by atoms with Crippen LogP contribution in [0.15, 0.2) is 42.5 Å². The molecule has 13 heteroatoms. The fourth-order valence-corrected chi connectivity index (χ4v) is 9.03. The Labute approximate surface area is 351 Å². The average molecular weight is 820 g/mol. The number of carbonyl (C=O) groups is 5. The van der Waals surface area contributed by atoms with Gasteiger partial charge in [-0.2, -0.15) is 0 Å². The summed E-state index contributed by atoms with van der Waals surface area (Å²) in [5.74, 6) is -2.89. The summed E-state index contributed by atoms with van der Waals surface area (Å²) in [7, 11) is 3.25. The molecule has 4 fully saturated rings. The third-order valence-electron chi connectivity index (χ3n) is 13.5. The number of aliphatic hydroxyl groups is 2. The van der Waals surface area contributed by atoms with Crippen molar-refractivity contribution in [3.8, 4) is 0 Å². The molecule has 0 saturated carbocycles. The zero-order valence-corrected chi connectivity index (χ0v) is 36.3. The summed E-state index contributed by atoms with van der Waals surface area (Å²) in [6.45, 7) is 10.5. The first-order chi connectivity index (χ1) is 28.1. The SMILES string of the molecule is CC[C@H](C)[C@H]1C(=O)N2CCC[C@H]2C(=O)OCC[C@@H](C)C[C@H](O)[C@@H](C)C(=O)N2CCC(CC2)C(=O)N[C@@H](Cc2ccc(C3=CCCC=C3)cc2)C(O)N(C)[C@H](C)C(=O)N1C. The van der Waals surface area contributed by atoms with Gasteiger partial charge in [-0.05, 0) is 100 Å². The molecule has 326 valence electrons. The minimum absolute atomic E-state index is 0.0412. The number of ether oxygens (including phenoxy) is 1. The highest BCUT2D eigenvalue weighted by molar-refractivity contribution is 5.92. The van der Waals surface area contributed by atoms with Gasteiger partial charge in [0.25, 0.3) is 0 Å². The number of carbonyl (C=O) groups excluding carboxylic acids is 5. The Balaban J connectivity index is 1.43. The second-order valence-corrected chi connectivity index (χ2v) is 17.6. The molecule has 4 aliphatic heterocycles. The first kappa shape index (κ1) is 46.0. The van der Waals surface area contributed by atoms with E-state index in [1.807, 2.05) is 45.0 Å². The van der Waals surface area contributed by atoms with Gasteiger partial charge in [0.05, 0.1) is 30.7 Å². The van der Waals surface area contributed by atoms with Crippen LogP contribution in [-0.2, 0) is 35.1 Å². The van der Waals surface area contributed by atoms with Crippen LogP contribution in [-0.4, -0.2) is 136 Å². The Morgan fingerprint density at radius 3 is 2.22 bits per heavy atom. The van der Waals surface area contributed by atoms with E-state index in [9.17, 15) is 34.2 Å². The normalized spacial score (nSPS) is 32.2. The lowest BCUT2D eigenvalue weighted by Gasteiger charge is -2.40. The van der Waals surface area contributed by atoms with Gasteiger partial charge in [-0.1, -0.05) is 76.6 Å². The van der Waals surface area contributed by atoms with E-state index in [1.54, 1.807) is 42.6 Å². The van der Waals surface area contributed by atoms with Gasteiger partial charge in [-0.25, -0.2) is 4.79 Å². The van der Waals surface area contributed by atoms with Gasteiger partial charge in [0.1, 0.15) is 18.3 Å². The van der Waals surface area contributed by atoms with Gasteiger partial charge in [0, 0.05) is 32.6 Å². The minimum Gasteiger partial charge on any atom is -0.464 e. The Bertz CT molecular complexity index is 1690. The van der Waals surface area contributed by atoms with Gasteiger partial charge in [0.15, 0.2) is 0 Å². The molecule has 3 N–H and O–H groups in total. The van der Waals surface area contributed by atoms with E-state index in [-0.39, 0.29) is 48.5 Å². The van der Waals surface area contributed by atoms with E-state index in [4.69, 9.17) is 4.74 Å². The summed E-state index contributed by atoms with van der Waals surface area (Å²) in [4.78, 5) is 76.0. The van der Waals surface area contributed by atoms with Crippen molar-refractivity contribution >= 4 is 35.2 Å². The molecular formula is C46H69N5O8. The van der Waals surface area contributed by atoms with E-state index < -0.39 is 54.3 Å². The topological polar surface area (TPSA) is 160 Å². The highest BCUT2D eigenvalue weighted by Gasteiger charge is 2.44. The maximum absolute atomic E-state index is 14.4. The molecule has 59 heavy (non-hydrogen) atoms. The van der Waals surface area contributed by atoms with Gasteiger partial charge in [-0.15, -0.1) is 0 Å². The number of fused-ring (bicyclic) bond motifs is 19. The minimum atomic E-state index is -1.29. The molecule has 13 nitrogen and oxygen atoms in total. The van der Waals surface area contributed by atoms with E-state index >= 15 is 0 Å². The van der Waals surface area contributed by atoms with Gasteiger partial charge < -0.3 is 35.0 Å². The Hall–Kier alpha value is -4.07. The van der Waals surface area contributed by atoms with Crippen LogP contribution in [0.1, 0.15) is 104 Å². The van der Waals surface area contributed by atoms with Crippen molar-refractivity contribution in [3.63, 3.8) is 0 Å². The molecule has 2 bridgehead atoms. The number of nitrogens with one attached hydrogen (secondary N) is 1. The Morgan fingerprint density at radius 1 is 0.881 bits per heavy atom. The molecule has 0 spiro atoms. The maximum atomic E-state index is 14.4. The molecule has 1 unspecified atom stereocenters. The van der Waals surface area contributed by atoms with Crippen molar-refractivity contribution in [1.82, 2.24) is 24.9 Å². The van der Waals surface area contributed by atoms with Crippen molar-refractivity contribution in [2.75, 3.05) is 40.3 Å². The highest BCUT2D eigenvalue weighted by atomic mass is 16.5. The predicted molar refractivity (Wildman–Crippen MR) is 226 cm³/mol. The van der Waals surface area contributed by atoms with Crippen LogP contribution >= 0.6 is 0 Å². The fraction of sp³-hybridized carbons (Fsp3) is 0.674. The van der Waals surface area contributed by atoms with Crippen molar-refractivity contribution in [1.29, 1.82) is 0 Å². The van der Waals surface area contributed by atoms with Crippen molar-refractivity contribution in [2.45, 2.75) is 135 Å². The molecule has 1 aliphatic carbocycles. The molecule has 1 aromatic carbocycles. The second kappa shape index (κ2) is 20.9. The quantitative estimate of drug-likeness (QED) is 0.293. The zero-order chi connectivity index (χ0) is 43.0. The van der Waals surface area contributed by atoms with Gasteiger partial charge >= 0.3 is 5.97 Å². The highest BCUT2D eigenvalue weighted by Crippen LogP contribution is 2.28. The number of allylic oxidation sites excluding steroid dienone is 4. The van der Waals surface area contributed by atoms with Crippen molar-refractivity contribution in [2.24, 2.45) is 23.7 Å². The number of hydrogen-bond donors (Lipinski definition) is 3. The Morgan fingerprint density at radius 2 is 1.58 bits per heavy atom. The second-order valence-electron chi connectivity index (χ2n) is 17.6. The first-order valence-corrected chi connectivity index (χ1v) is 22.0. The summed E-state index contributed by atoms with van der Waals surface area (Å²) in [6, 6.07) is 4.76. The number of likely N-dealkylation sites (N-methyl/N-ethyl adjacent to an activating group) is 2. The van der Waals surface area contributed by atoms with E-state index in [2.05, 4.69) is 23.5 Å². The number of amides is 4. The van der Waals surface area contributed by atoms with Crippen LogP contribution < -0.4 is 5.32 Å². The molecule has 0 radical (unpaired) electrons. The molecule has 4 saturated heterocycles. The molecule has 4 amide bonds. The lowest BCUT2D eigenvalue weighted by Crippen LogP contribution is -2.60. The molecule has 4 heterocycles. The molecule has 6 rings (SSSR count). The summed E-state index contributed by atoms with van der Waals surface area (Å²) in [5, 5.41) is 26.3. The van der Waals surface area contributed by atoms with Crippen LogP contribution in [0, 0.1) is 23.7 Å². The third kappa shape index (κ3) is 11.2. The van der Waals surface area contributed by atoms with Gasteiger partial charge in [0.2, 0.25) is 23.6 Å². The first-order valence-electron chi connectivity index (χ1n) is 22.0. The summed E-state index contributed by atoms with van der Waals surface area (Å²) in [6.07, 6.45) is 9.99. The largest absolute Gasteiger partial charge is 0.464 e. The van der Waals surface area contributed by atoms with Gasteiger partial charge in [-0.3, -0.25) is 24.1 Å². The number of hydrogen-bond acceptors (Lipinski definition) is 9. The van der Waals surface area contributed by atoms with Crippen LogP contribution in [0.3, 0.4) is 0 Å². The number of esters is 1. The maximum Gasteiger partial charge on any atom is 0.328 e. The monoisotopic (exact) mass is 820 g/mol. The number of rotatable bonds is 5. The smallest absolute Gasteiger partial charge is 0.328 e. The number of aliphatic hydroxyl groups excluding tert-OH is 2. The summed E-state index contributed by atoms with van der Waals surface area (Å²) < 4.78 is 5.71. The molecule has 9 atom stereocenters. The van der Waals surface area contributed by atoms with Crippen molar-refractivity contribution < 1.29 is 38.9 Å². The molecular weight excluding hydrogens is 751 g/mol. The average Bonchev–Trinajstić information content (AvgIpc) is 3.75. The fourth-order valence-electron chi connectivity index (χ4n) is 9.03. The number of nitrogens with zero attached hydrogens (tertiary/aromatic N) is 4. The van der Waals surface area contributed by atoms with Crippen LogP contribution in [0.5, 0.6) is 0 Å². The van der Waals surface area contributed by atoms with E-state index in [0.29, 0.717) is 64.6 Å². The summed E-state index contributed by atoms with van der Waals surface area (Å²) >= 11 is 0. The van der Waals surface area contributed by atoms with Crippen LogP contribution in [0.2, 0.25) is 0 Å². The lowest BCUT2D eigenvalue weighted by molar-refractivity contribution is -0.158. The number of piperidine rings is 1.